The molecule has 0 unspecified atom stereocenters. The van der Waals surface area contributed by atoms with Gasteiger partial charge in [0.05, 0.1) is 30.2 Å². The first-order valence-corrected chi connectivity index (χ1v) is 13.2. The lowest BCUT2D eigenvalue weighted by atomic mass is 9.84. The summed E-state index contributed by atoms with van der Waals surface area (Å²) < 4.78 is 41.9. The zero-order valence-corrected chi connectivity index (χ0v) is 21.9. The number of ketones is 1. The molecule has 0 spiro atoms. The second kappa shape index (κ2) is 10.7. The van der Waals surface area contributed by atoms with E-state index in [0.29, 0.717) is 29.0 Å². The number of benzene rings is 1. The number of rotatable bonds is 7. The van der Waals surface area contributed by atoms with E-state index < -0.39 is 17.9 Å². The second-order valence-electron chi connectivity index (χ2n) is 10.3. The van der Waals surface area contributed by atoms with Gasteiger partial charge in [-0.1, -0.05) is 37.5 Å². The van der Waals surface area contributed by atoms with Gasteiger partial charge in [-0.15, -0.1) is 0 Å². The molecular formula is C29H30F3N5O2. The molecule has 2 aliphatic rings. The number of hydrogen-bond acceptors (Lipinski definition) is 5. The summed E-state index contributed by atoms with van der Waals surface area (Å²) in [5.74, 6) is -0.174. The summed E-state index contributed by atoms with van der Waals surface area (Å²) in [6.07, 6.45) is 6.86. The van der Waals surface area contributed by atoms with Crippen LogP contribution in [-0.4, -0.2) is 50.5 Å². The number of Topliss-reactive ketones (excluding diaryl/α,β-unsaturated/α-hetero) is 1. The standard InChI is InChI=1S/C29H30F3N5O2/c1-17-14-19(8-9-21(17)28(39)36-18(2)25(38)20-6-4-3-5-7-20)15-23-27-35-16-24(37(27)13-12-33-23)22-10-11-34-26(22)29(30,31)32/h8-10,12-14,16,18,20H,3-7,11,15H2,1-2H3,(H,36,39)/t18-/m1/s1. The molecule has 5 rings (SSSR count). The number of aliphatic imine (C=N–C) groups is 1. The minimum Gasteiger partial charge on any atom is -0.342 e. The quantitative estimate of drug-likeness (QED) is 0.443. The van der Waals surface area contributed by atoms with E-state index >= 15 is 0 Å². The Labute approximate surface area is 224 Å². The second-order valence-corrected chi connectivity index (χ2v) is 10.3. The van der Waals surface area contributed by atoms with Crippen molar-refractivity contribution in [1.82, 2.24) is 19.7 Å². The van der Waals surface area contributed by atoms with Gasteiger partial charge in [0.15, 0.2) is 11.4 Å². The molecule has 0 bridgehead atoms. The number of aryl methyl sites for hydroxylation is 1. The van der Waals surface area contributed by atoms with Crippen molar-refractivity contribution in [3.05, 3.63) is 70.9 Å². The van der Waals surface area contributed by atoms with Crippen molar-refractivity contribution in [3.63, 3.8) is 0 Å². The normalized spacial score (nSPS) is 17.2. The van der Waals surface area contributed by atoms with Crippen LogP contribution in [0.5, 0.6) is 0 Å². The van der Waals surface area contributed by atoms with Crippen molar-refractivity contribution < 1.29 is 22.8 Å². The maximum absolute atomic E-state index is 13.4. The maximum atomic E-state index is 13.4. The molecule has 1 aliphatic carbocycles. The zero-order chi connectivity index (χ0) is 27.7. The topological polar surface area (TPSA) is 88.7 Å². The number of alkyl halides is 3. The highest BCUT2D eigenvalue weighted by molar-refractivity contribution is 6.27. The van der Waals surface area contributed by atoms with Gasteiger partial charge in [-0.25, -0.2) is 4.98 Å². The number of nitrogens with one attached hydrogen (secondary N) is 1. The van der Waals surface area contributed by atoms with Crippen molar-refractivity contribution in [2.45, 2.75) is 64.6 Å². The first-order chi connectivity index (χ1) is 18.6. The van der Waals surface area contributed by atoms with Crippen molar-refractivity contribution in [2.75, 3.05) is 6.54 Å². The largest absolute Gasteiger partial charge is 0.433 e. The first-order valence-electron chi connectivity index (χ1n) is 13.2. The van der Waals surface area contributed by atoms with E-state index in [-0.39, 0.29) is 29.7 Å². The number of halogens is 3. The number of nitrogens with zero attached hydrogens (tertiary/aromatic N) is 4. The van der Waals surface area contributed by atoms with Crippen LogP contribution in [0.2, 0.25) is 0 Å². The summed E-state index contributed by atoms with van der Waals surface area (Å²) >= 11 is 0. The average Bonchev–Trinajstić information content (AvgIpc) is 3.56. The summed E-state index contributed by atoms with van der Waals surface area (Å²) in [6, 6.07) is 4.88. The number of amides is 1. The van der Waals surface area contributed by atoms with E-state index in [9.17, 15) is 22.8 Å². The molecule has 0 radical (unpaired) electrons. The SMILES string of the molecule is Cc1cc(Cc2nccn3c(C4=CCN=C4C(F)(F)F)cnc23)ccc1C(=O)N[C@H](C)C(=O)C1CCCCC1. The number of carbonyl (C=O) groups is 2. The molecule has 0 saturated heterocycles. The summed E-state index contributed by atoms with van der Waals surface area (Å²) in [5.41, 5.74) is 2.58. The smallest absolute Gasteiger partial charge is 0.342 e. The number of allylic oxidation sites excluding steroid dienone is 1. The molecule has 204 valence electrons. The predicted molar refractivity (Wildman–Crippen MR) is 142 cm³/mol. The van der Waals surface area contributed by atoms with Gasteiger partial charge < -0.3 is 5.32 Å². The molecule has 1 saturated carbocycles. The minimum atomic E-state index is -4.55. The summed E-state index contributed by atoms with van der Waals surface area (Å²) in [6.45, 7) is 3.55. The molecule has 39 heavy (non-hydrogen) atoms. The van der Waals surface area contributed by atoms with Crippen LogP contribution in [0.4, 0.5) is 13.2 Å². The fraction of sp³-hybridized carbons (Fsp3) is 0.414. The summed E-state index contributed by atoms with van der Waals surface area (Å²) in [7, 11) is 0. The predicted octanol–water partition coefficient (Wildman–Crippen LogP) is 5.30. The first kappa shape index (κ1) is 26.8. The summed E-state index contributed by atoms with van der Waals surface area (Å²) in [4.78, 5) is 38.1. The molecule has 3 heterocycles. The number of hydrogen-bond donors (Lipinski definition) is 1. The molecule has 1 N–H and O–H groups in total. The highest BCUT2D eigenvalue weighted by Gasteiger charge is 2.40. The van der Waals surface area contributed by atoms with Crippen LogP contribution in [0.15, 0.2) is 47.9 Å². The van der Waals surface area contributed by atoms with Gasteiger partial charge in [-0.3, -0.25) is 24.0 Å². The molecule has 3 aromatic rings. The Bertz CT molecular complexity index is 1480. The van der Waals surface area contributed by atoms with Crippen molar-refractivity contribution in [2.24, 2.45) is 10.9 Å². The van der Waals surface area contributed by atoms with E-state index in [1.54, 1.807) is 23.6 Å². The number of imidazole rings is 1. The van der Waals surface area contributed by atoms with Crippen molar-refractivity contribution in [3.8, 4) is 0 Å². The Kier molecular flexibility index (Phi) is 7.38. The van der Waals surface area contributed by atoms with E-state index in [4.69, 9.17) is 0 Å². The molecular weight excluding hydrogens is 507 g/mol. The third kappa shape index (κ3) is 5.51. The van der Waals surface area contributed by atoms with Crippen molar-refractivity contribution >= 4 is 28.6 Å². The third-order valence-electron chi connectivity index (χ3n) is 7.53. The Hall–Kier alpha value is -3.82. The molecule has 1 amide bonds. The highest BCUT2D eigenvalue weighted by Crippen LogP contribution is 2.32. The van der Waals surface area contributed by atoms with Crippen LogP contribution in [0.25, 0.3) is 11.2 Å². The zero-order valence-electron chi connectivity index (χ0n) is 21.9. The van der Waals surface area contributed by atoms with E-state index in [1.165, 1.54) is 18.5 Å². The van der Waals surface area contributed by atoms with Crippen LogP contribution in [-0.2, 0) is 11.2 Å². The van der Waals surface area contributed by atoms with E-state index in [0.717, 1.165) is 43.2 Å². The van der Waals surface area contributed by atoms with Gasteiger partial charge >= 0.3 is 6.18 Å². The van der Waals surface area contributed by atoms with E-state index in [2.05, 4.69) is 20.3 Å². The lowest BCUT2D eigenvalue weighted by Gasteiger charge is -2.24. The Morgan fingerprint density at radius 1 is 1.15 bits per heavy atom. The van der Waals surface area contributed by atoms with Crippen LogP contribution < -0.4 is 5.32 Å². The lowest BCUT2D eigenvalue weighted by molar-refractivity contribution is -0.125. The molecule has 7 nitrogen and oxygen atoms in total. The third-order valence-corrected chi connectivity index (χ3v) is 7.53. The average molecular weight is 538 g/mol. The van der Waals surface area contributed by atoms with E-state index in [1.807, 2.05) is 19.1 Å². The van der Waals surface area contributed by atoms with Gasteiger partial charge in [-0.2, -0.15) is 13.2 Å². The Balaban J connectivity index is 1.31. The van der Waals surface area contributed by atoms with Crippen LogP contribution in [0.3, 0.4) is 0 Å². The van der Waals surface area contributed by atoms with Gasteiger partial charge in [-0.05, 0) is 43.9 Å². The molecule has 1 atom stereocenters. The number of carbonyl (C=O) groups excluding carboxylic acids is 2. The fourth-order valence-electron chi connectivity index (χ4n) is 5.55. The minimum absolute atomic E-state index is 0.00885. The number of aromatic nitrogens is 3. The van der Waals surface area contributed by atoms with Crippen LogP contribution in [0.1, 0.15) is 71.9 Å². The molecule has 1 fully saturated rings. The van der Waals surface area contributed by atoms with Gasteiger partial charge in [0.25, 0.3) is 5.91 Å². The Morgan fingerprint density at radius 3 is 2.64 bits per heavy atom. The Morgan fingerprint density at radius 2 is 1.92 bits per heavy atom. The molecule has 10 heteroatoms. The fourth-order valence-corrected chi connectivity index (χ4v) is 5.55. The van der Waals surface area contributed by atoms with Gasteiger partial charge in [0, 0.05) is 35.9 Å². The lowest BCUT2D eigenvalue weighted by Crippen LogP contribution is -2.42. The van der Waals surface area contributed by atoms with Gasteiger partial charge in [0.2, 0.25) is 0 Å². The van der Waals surface area contributed by atoms with Crippen molar-refractivity contribution in [1.29, 1.82) is 0 Å². The van der Waals surface area contributed by atoms with Gasteiger partial charge in [0.1, 0.15) is 5.71 Å². The molecule has 2 aromatic heterocycles. The van der Waals surface area contributed by atoms with Crippen LogP contribution in [0, 0.1) is 12.8 Å². The molecule has 1 aliphatic heterocycles. The monoisotopic (exact) mass is 537 g/mol. The highest BCUT2D eigenvalue weighted by atomic mass is 19.4. The molecule has 1 aromatic carbocycles. The number of fused-ring (bicyclic) bond motifs is 1. The maximum Gasteiger partial charge on any atom is 0.433 e. The summed E-state index contributed by atoms with van der Waals surface area (Å²) in [5, 5.41) is 2.86. The van der Waals surface area contributed by atoms with Crippen LogP contribution >= 0.6 is 0 Å².